The minimum Gasteiger partial charge on any atom is -0.482 e. The Hall–Kier alpha value is -2.62. The summed E-state index contributed by atoms with van der Waals surface area (Å²) in [6.45, 7) is 4.71. The highest BCUT2D eigenvalue weighted by Crippen LogP contribution is 2.36. The number of hydrogen-bond acceptors (Lipinski definition) is 5. The fourth-order valence-corrected chi connectivity index (χ4v) is 6.40. The quantitative estimate of drug-likeness (QED) is 0.651. The first-order valence-electron chi connectivity index (χ1n) is 11.2. The van der Waals surface area contributed by atoms with Gasteiger partial charge >= 0.3 is 0 Å². The van der Waals surface area contributed by atoms with Gasteiger partial charge < -0.3 is 10.1 Å². The fraction of sp³-hybridized carbons (Fsp3) is 0.417. The van der Waals surface area contributed by atoms with Gasteiger partial charge in [0.2, 0.25) is 15.9 Å². The molecule has 0 radical (unpaired) electrons. The van der Waals surface area contributed by atoms with Crippen molar-refractivity contribution in [2.24, 2.45) is 11.8 Å². The molecule has 1 N–H and O–H groups in total. The highest BCUT2D eigenvalue weighted by Gasteiger charge is 2.34. The molecule has 2 atom stereocenters. The van der Waals surface area contributed by atoms with Crippen LogP contribution in [0.1, 0.15) is 25.8 Å². The van der Waals surface area contributed by atoms with Gasteiger partial charge in [0.05, 0.1) is 10.6 Å². The maximum Gasteiger partial charge on any atom is 0.265 e. The van der Waals surface area contributed by atoms with E-state index in [4.69, 9.17) is 16.3 Å². The summed E-state index contributed by atoms with van der Waals surface area (Å²) in [7, 11) is -3.76. The van der Waals surface area contributed by atoms with Crippen molar-refractivity contribution in [1.29, 1.82) is 0 Å². The lowest BCUT2D eigenvalue weighted by Gasteiger charge is -2.34. The number of anilines is 1. The van der Waals surface area contributed by atoms with Crippen molar-refractivity contribution in [2.45, 2.75) is 31.7 Å². The Labute approximate surface area is 204 Å². The standard InChI is InChI=1S/C24H28ClN3O5S/c1-16-9-17(2)13-27(12-16)34(31,32)19-7-8-22-21(10-19)28(24(30)15-33-22)14-23(29)26-11-18-5-3-4-6-20(18)25/h3-8,10,16-17H,9,11-15H2,1-2H3,(H,26,29)/t16-,17-/m0/s1. The summed E-state index contributed by atoms with van der Waals surface area (Å²) < 4.78 is 33.7. The minimum absolute atomic E-state index is 0.0762. The van der Waals surface area contributed by atoms with Gasteiger partial charge in [0.15, 0.2) is 6.61 Å². The Balaban J connectivity index is 1.54. The number of nitrogens with one attached hydrogen (secondary N) is 1. The van der Waals surface area contributed by atoms with Crippen LogP contribution >= 0.6 is 11.6 Å². The molecule has 1 fully saturated rings. The number of fused-ring (bicyclic) bond motifs is 1. The molecule has 0 bridgehead atoms. The molecule has 2 aliphatic heterocycles. The molecular formula is C24H28ClN3O5S. The van der Waals surface area contributed by atoms with Gasteiger partial charge in [-0.1, -0.05) is 43.6 Å². The van der Waals surface area contributed by atoms with Gasteiger partial charge in [0, 0.05) is 24.7 Å². The smallest absolute Gasteiger partial charge is 0.265 e. The number of ether oxygens (including phenoxy) is 1. The van der Waals surface area contributed by atoms with E-state index in [1.807, 2.05) is 19.9 Å². The van der Waals surface area contributed by atoms with Crippen molar-refractivity contribution in [2.75, 3.05) is 31.1 Å². The van der Waals surface area contributed by atoms with E-state index in [2.05, 4.69) is 5.32 Å². The highest BCUT2D eigenvalue weighted by molar-refractivity contribution is 7.89. The van der Waals surface area contributed by atoms with E-state index in [0.717, 1.165) is 12.0 Å². The number of carbonyl (C=O) groups is 2. The summed E-state index contributed by atoms with van der Waals surface area (Å²) in [5.41, 5.74) is 1.02. The summed E-state index contributed by atoms with van der Waals surface area (Å²) in [5, 5.41) is 3.29. The SMILES string of the molecule is C[C@H]1C[C@H](C)CN(S(=O)(=O)c2ccc3c(c2)N(CC(=O)NCc2ccccc2Cl)C(=O)CO3)C1. The molecule has 2 amide bonds. The van der Waals surface area contributed by atoms with Crippen LogP contribution in [0.2, 0.25) is 5.02 Å². The van der Waals surface area contributed by atoms with E-state index in [-0.39, 0.29) is 42.1 Å². The molecule has 4 rings (SSSR count). The number of benzene rings is 2. The molecule has 1 saturated heterocycles. The third-order valence-corrected chi connectivity index (χ3v) is 8.28. The zero-order chi connectivity index (χ0) is 24.5. The molecule has 0 spiro atoms. The number of halogens is 1. The van der Waals surface area contributed by atoms with E-state index in [1.165, 1.54) is 21.3 Å². The summed E-state index contributed by atoms with van der Waals surface area (Å²) in [6.07, 6.45) is 0.982. The minimum atomic E-state index is -3.76. The molecular weight excluding hydrogens is 478 g/mol. The van der Waals surface area contributed by atoms with Crippen LogP contribution in [0.4, 0.5) is 5.69 Å². The first-order chi connectivity index (χ1) is 16.1. The van der Waals surface area contributed by atoms with Gasteiger partial charge in [-0.25, -0.2) is 8.42 Å². The van der Waals surface area contributed by atoms with Gasteiger partial charge in [0.25, 0.3) is 5.91 Å². The number of sulfonamides is 1. The number of hydrogen-bond donors (Lipinski definition) is 1. The van der Waals surface area contributed by atoms with Gasteiger partial charge in [0.1, 0.15) is 12.3 Å². The first kappa shape index (κ1) is 24.5. The monoisotopic (exact) mass is 505 g/mol. The van der Waals surface area contributed by atoms with Crippen LogP contribution in [-0.4, -0.2) is 50.8 Å². The van der Waals surface area contributed by atoms with Crippen LogP contribution < -0.4 is 15.0 Å². The van der Waals surface area contributed by atoms with Crippen molar-refractivity contribution in [3.8, 4) is 5.75 Å². The summed E-state index contributed by atoms with van der Waals surface area (Å²) >= 11 is 6.14. The van der Waals surface area contributed by atoms with Crippen molar-refractivity contribution in [3.63, 3.8) is 0 Å². The average molecular weight is 506 g/mol. The Bertz CT molecular complexity index is 1190. The predicted octanol–water partition coefficient (Wildman–Crippen LogP) is 3.05. The average Bonchev–Trinajstić information content (AvgIpc) is 2.79. The maximum absolute atomic E-state index is 13.4. The van der Waals surface area contributed by atoms with E-state index in [0.29, 0.717) is 23.9 Å². The molecule has 2 aliphatic rings. The second-order valence-corrected chi connectivity index (χ2v) is 11.4. The van der Waals surface area contributed by atoms with Gasteiger partial charge in [-0.3, -0.25) is 14.5 Å². The number of carbonyl (C=O) groups excluding carboxylic acids is 2. The molecule has 8 nitrogen and oxygen atoms in total. The largest absolute Gasteiger partial charge is 0.482 e. The lowest BCUT2D eigenvalue weighted by atomic mass is 9.94. The van der Waals surface area contributed by atoms with Gasteiger partial charge in [-0.05, 0) is 48.1 Å². The molecule has 0 unspecified atom stereocenters. The number of rotatable bonds is 6. The van der Waals surface area contributed by atoms with Crippen molar-refractivity contribution < 1.29 is 22.7 Å². The zero-order valence-corrected chi connectivity index (χ0v) is 20.7. The molecule has 2 aromatic carbocycles. The second-order valence-electron chi connectivity index (χ2n) is 9.03. The number of amides is 2. The Morgan fingerprint density at radius 2 is 1.85 bits per heavy atom. The lowest BCUT2D eigenvalue weighted by molar-refractivity contribution is -0.125. The number of nitrogens with zero attached hydrogens (tertiary/aromatic N) is 2. The Kier molecular flexibility index (Phi) is 7.16. The molecule has 34 heavy (non-hydrogen) atoms. The van der Waals surface area contributed by atoms with Crippen molar-refractivity contribution in [3.05, 3.63) is 53.1 Å². The molecule has 2 heterocycles. The molecule has 0 aliphatic carbocycles. The molecule has 182 valence electrons. The van der Waals surface area contributed by atoms with Crippen LogP contribution in [0, 0.1) is 11.8 Å². The highest BCUT2D eigenvalue weighted by atomic mass is 35.5. The number of piperidine rings is 1. The molecule has 0 aromatic heterocycles. The summed E-state index contributed by atoms with van der Waals surface area (Å²) in [6, 6.07) is 11.6. The van der Waals surface area contributed by atoms with Crippen molar-refractivity contribution in [1.82, 2.24) is 9.62 Å². The third-order valence-electron chi connectivity index (χ3n) is 6.08. The molecule has 10 heteroatoms. The molecule has 2 aromatic rings. The maximum atomic E-state index is 13.4. The predicted molar refractivity (Wildman–Crippen MR) is 129 cm³/mol. The summed E-state index contributed by atoms with van der Waals surface area (Å²) in [5.74, 6) is 0.0693. The Morgan fingerprint density at radius 3 is 2.56 bits per heavy atom. The van der Waals surface area contributed by atoms with Crippen LogP contribution in [0.3, 0.4) is 0 Å². The van der Waals surface area contributed by atoms with Crippen LogP contribution in [-0.2, 0) is 26.2 Å². The van der Waals surface area contributed by atoms with Gasteiger partial charge in [-0.15, -0.1) is 0 Å². The van der Waals surface area contributed by atoms with E-state index < -0.39 is 21.8 Å². The second kappa shape index (κ2) is 9.93. The van der Waals surface area contributed by atoms with Crippen molar-refractivity contribution >= 4 is 39.1 Å². The van der Waals surface area contributed by atoms with Crippen LogP contribution in [0.5, 0.6) is 5.75 Å². The van der Waals surface area contributed by atoms with Crippen LogP contribution in [0.25, 0.3) is 0 Å². The third kappa shape index (κ3) is 5.21. The van der Waals surface area contributed by atoms with E-state index >= 15 is 0 Å². The zero-order valence-electron chi connectivity index (χ0n) is 19.2. The van der Waals surface area contributed by atoms with E-state index in [9.17, 15) is 18.0 Å². The Morgan fingerprint density at radius 1 is 1.15 bits per heavy atom. The summed E-state index contributed by atoms with van der Waals surface area (Å²) in [4.78, 5) is 26.6. The van der Waals surface area contributed by atoms with Gasteiger partial charge in [-0.2, -0.15) is 4.31 Å². The van der Waals surface area contributed by atoms with Crippen LogP contribution in [0.15, 0.2) is 47.4 Å². The van der Waals surface area contributed by atoms with E-state index in [1.54, 1.807) is 24.3 Å². The fourth-order valence-electron chi connectivity index (χ4n) is 4.50. The lowest BCUT2D eigenvalue weighted by Crippen LogP contribution is -2.45. The topological polar surface area (TPSA) is 96.0 Å². The normalized spacial score (nSPS) is 21.0. The first-order valence-corrected chi connectivity index (χ1v) is 13.0. The molecule has 0 saturated carbocycles.